The van der Waals surface area contributed by atoms with Crippen molar-refractivity contribution in [3.63, 3.8) is 0 Å². The Kier molecular flexibility index (Phi) is 4.77. The summed E-state index contributed by atoms with van der Waals surface area (Å²) in [5, 5.41) is 0. The molecule has 0 rings (SSSR count). The zero-order valence-electron chi connectivity index (χ0n) is 9.09. The number of allylic oxidation sites excluding steroid dienone is 1. The van der Waals surface area contributed by atoms with Crippen molar-refractivity contribution in [1.29, 1.82) is 0 Å². The Hall–Kier alpha value is -1.59. The van der Waals surface area contributed by atoms with Crippen LogP contribution in [0, 0.1) is 0 Å². The zero-order valence-corrected chi connectivity index (χ0v) is 9.09. The van der Waals surface area contributed by atoms with Crippen LogP contribution in [0.5, 0.6) is 0 Å². The number of rotatable bonds is 1. The topological polar surface area (TPSA) is 64.6 Å². The van der Waals surface area contributed by atoms with E-state index in [0.717, 1.165) is 6.08 Å². The van der Waals surface area contributed by atoms with Crippen LogP contribution < -0.4 is 5.48 Å². The second kappa shape index (κ2) is 5.33. The summed E-state index contributed by atoms with van der Waals surface area (Å²) in [6, 6.07) is 0. The molecular formula is C9H14FNO4. The third-order valence-electron chi connectivity index (χ3n) is 1.07. The van der Waals surface area contributed by atoms with Crippen LogP contribution in [0.25, 0.3) is 0 Å². The highest BCUT2D eigenvalue weighted by molar-refractivity contribution is 5.86. The maximum absolute atomic E-state index is 12.5. The molecule has 15 heavy (non-hydrogen) atoms. The third-order valence-corrected chi connectivity index (χ3v) is 1.07. The first kappa shape index (κ1) is 13.4. The second-order valence-corrected chi connectivity index (χ2v) is 3.63. The number of amides is 1. The maximum atomic E-state index is 12.5. The van der Waals surface area contributed by atoms with Gasteiger partial charge in [-0.15, -0.1) is 5.48 Å². The minimum absolute atomic E-state index is 0.713. The van der Waals surface area contributed by atoms with Gasteiger partial charge in [-0.1, -0.05) is 0 Å². The molecule has 0 aromatic carbocycles. The Balaban J connectivity index is 3.98. The molecule has 0 radical (unpaired) electrons. The first-order valence-corrected chi connectivity index (χ1v) is 4.28. The number of ether oxygens (including phenoxy) is 1. The average Bonchev–Trinajstić information content (AvgIpc) is 2.10. The number of halogens is 1. The number of carbonyl (C=O) groups excluding carboxylic acids is 2. The summed E-state index contributed by atoms with van der Waals surface area (Å²) in [4.78, 5) is 25.7. The molecule has 0 heterocycles. The van der Waals surface area contributed by atoms with Crippen molar-refractivity contribution in [3.05, 3.63) is 11.9 Å². The number of nitrogens with one attached hydrogen (secondary N) is 1. The summed E-state index contributed by atoms with van der Waals surface area (Å²) >= 11 is 0. The van der Waals surface area contributed by atoms with Gasteiger partial charge in [0.1, 0.15) is 5.60 Å². The van der Waals surface area contributed by atoms with E-state index < -0.39 is 23.5 Å². The van der Waals surface area contributed by atoms with Crippen LogP contribution in [-0.4, -0.2) is 17.7 Å². The van der Waals surface area contributed by atoms with Crippen molar-refractivity contribution in [2.24, 2.45) is 0 Å². The van der Waals surface area contributed by atoms with Crippen LogP contribution in [0.15, 0.2) is 11.9 Å². The SMILES string of the molecule is CC=C(F)C(=O)ONC(=O)OC(C)(C)C. The fourth-order valence-corrected chi connectivity index (χ4v) is 0.554. The van der Waals surface area contributed by atoms with E-state index in [0.29, 0.717) is 0 Å². The lowest BCUT2D eigenvalue weighted by Crippen LogP contribution is -2.34. The van der Waals surface area contributed by atoms with Crippen LogP contribution >= 0.6 is 0 Å². The molecule has 0 fully saturated rings. The standard InChI is InChI=1S/C9H14FNO4/c1-5-6(10)7(12)15-11-8(13)14-9(2,3)4/h5H,1-4H3,(H,11,13). The minimum atomic E-state index is -1.27. The monoisotopic (exact) mass is 219 g/mol. The van der Waals surface area contributed by atoms with Crippen LogP contribution in [0.3, 0.4) is 0 Å². The molecule has 0 bridgehead atoms. The summed E-state index contributed by atoms with van der Waals surface area (Å²) in [5.41, 5.74) is 0.950. The van der Waals surface area contributed by atoms with Crippen molar-refractivity contribution in [3.8, 4) is 0 Å². The lowest BCUT2D eigenvalue weighted by atomic mass is 10.2. The third kappa shape index (κ3) is 6.48. The van der Waals surface area contributed by atoms with Gasteiger partial charge in [0, 0.05) is 0 Å². The molecule has 0 aliphatic heterocycles. The highest BCUT2D eigenvalue weighted by Gasteiger charge is 2.18. The molecule has 0 saturated heterocycles. The van der Waals surface area contributed by atoms with Crippen LogP contribution in [0.4, 0.5) is 9.18 Å². The maximum Gasteiger partial charge on any atom is 0.441 e. The molecule has 5 nitrogen and oxygen atoms in total. The Labute approximate surface area is 87.2 Å². The molecule has 1 amide bonds. The van der Waals surface area contributed by atoms with Crippen LogP contribution in [0.2, 0.25) is 0 Å². The summed E-state index contributed by atoms with van der Waals surface area (Å²) in [7, 11) is 0. The molecule has 0 aliphatic rings. The molecule has 0 aromatic heterocycles. The van der Waals surface area contributed by atoms with E-state index in [-0.39, 0.29) is 0 Å². The Bertz CT molecular complexity index is 280. The molecule has 0 aliphatic carbocycles. The lowest BCUT2D eigenvalue weighted by Gasteiger charge is -2.18. The first-order valence-electron chi connectivity index (χ1n) is 4.28. The van der Waals surface area contributed by atoms with E-state index in [4.69, 9.17) is 4.74 Å². The van der Waals surface area contributed by atoms with Gasteiger partial charge in [0.05, 0.1) is 0 Å². The fourth-order valence-electron chi connectivity index (χ4n) is 0.554. The van der Waals surface area contributed by atoms with Gasteiger partial charge in [-0.2, -0.15) is 4.39 Å². The minimum Gasteiger partial charge on any atom is -0.442 e. The smallest absolute Gasteiger partial charge is 0.441 e. The Morgan fingerprint density at radius 1 is 1.33 bits per heavy atom. The second-order valence-electron chi connectivity index (χ2n) is 3.63. The van der Waals surface area contributed by atoms with Crippen molar-refractivity contribution >= 4 is 12.1 Å². The molecule has 6 heteroatoms. The number of carbonyl (C=O) groups is 2. The van der Waals surface area contributed by atoms with Crippen molar-refractivity contribution in [2.75, 3.05) is 0 Å². The van der Waals surface area contributed by atoms with E-state index >= 15 is 0 Å². The molecule has 0 saturated carbocycles. The molecule has 0 atom stereocenters. The largest absolute Gasteiger partial charge is 0.442 e. The molecule has 1 N–H and O–H groups in total. The highest BCUT2D eigenvalue weighted by atomic mass is 19.1. The number of hydroxylamine groups is 1. The average molecular weight is 219 g/mol. The van der Waals surface area contributed by atoms with Crippen LogP contribution in [0.1, 0.15) is 27.7 Å². The first-order chi connectivity index (χ1) is 6.76. The fraction of sp³-hybridized carbons (Fsp3) is 0.556. The van der Waals surface area contributed by atoms with E-state index in [9.17, 15) is 14.0 Å². The summed E-state index contributed by atoms with van der Waals surface area (Å²) in [6.45, 7) is 6.24. The van der Waals surface area contributed by atoms with Gasteiger partial charge in [-0.05, 0) is 33.8 Å². The molecule has 86 valence electrons. The van der Waals surface area contributed by atoms with E-state index in [1.807, 2.05) is 0 Å². The van der Waals surface area contributed by atoms with Gasteiger partial charge in [-0.3, -0.25) is 0 Å². The molecule has 0 unspecified atom stereocenters. The Morgan fingerprint density at radius 2 is 1.87 bits per heavy atom. The van der Waals surface area contributed by atoms with E-state index in [2.05, 4.69) is 4.84 Å². The lowest BCUT2D eigenvalue weighted by molar-refractivity contribution is -0.147. The van der Waals surface area contributed by atoms with Crippen molar-refractivity contribution in [1.82, 2.24) is 5.48 Å². The highest BCUT2D eigenvalue weighted by Crippen LogP contribution is 2.06. The summed E-state index contributed by atoms with van der Waals surface area (Å²) in [5.74, 6) is -2.37. The van der Waals surface area contributed by atoms with Crippen molar-refractivity contribution < 1.29 is 23.6 Å². The Morgan fingerprint density at radius 3 is 2.27 bits per heavy atom. The van der Waals surface area contributed by atoms with Gasteiger partial charge in [0.15, 0.2) is 0 Å². The van der Waals surface area contributed by atoms with Gasteiger partial charge in [-0.25, -0.2) is 9.59 Å². The van der Waals surface area contributed by atoms with Gasteiger partial charge in [0.25, 0.3) is 0 Å². The summed E-state index contributed by atoms with van der Waals surface area (Å²) < 4.78 is 17.2. The molecule has 0 aromatic rings. The van der Waals surface area contributed by atoms with Gasteiger partial charge in [0.2, 0.25) is 5.83 Å². The number of hydrogen-bond acceptors (Lipinski definition) is 4. The van der Waals surface area contributed by atoms with Gasteiger partial charge < -0.3 is 9.57 Å². The van der Waals surface area contributed by atoms with Crippen LogP contribution in [-0.2, 0) is 14.4 Å². The van der Waals surface area contributed by atoms with Crippen molar-refractivity contribution in [2.45, 2.75) is 33.3 Å². The molecular weight excluding hydrogens is 205 g/mol. The quantitative estimate of drug-likeness (QED) is 0.540. The van der Waals surface area contributed by atoms with Gasteiger partial charge >= 0.3 is 12.1 Å². The normalized spacial score (nSPS) is 11.9. The number of hydrogen-bond donors (Lipinski definition) is 1. The summed E-state index contributed by atoms with van der Waals surface area (Å²) in [6.07, 6.45) is -0.0428. The predicted octanol–water partition coefficient (Wildman–Crippen LogP) is 1.84. The predicted molar refractivity (Wildman–Crippen MR) is 50.3 cm³/mol. The van der Waals surface area contributed by atoms with E-state index in [1.54, 1.807) is 26.3 Å². The molecule has 0 spiro atoms. The van der Waals surface area contributed by atoms with E-state index in [1.165, 1.54) is 6.92 Å². The zero-order chi connectivity index (χ0) is 12.1.